The van der Waals surface area contributed by atoms with Crippen LogP contribution in [0.2, 0.25) is 0 Å². The minimum absolute atomic E-state index is 0.109. The number of nitrogens with zero attached hydrogens (tertiary/aromatic N) is 2. The van der Waals surface area contributed by atoms with Gasteiger partial charge in [0.15, 0.2) is 0 Å². The van der Waals surface area contributed by atoms with Crippen LogP contribution in [0.25, 0.3) is 0 Å². The van der Waals surface area contributed by atoms with Gasteiger partial charge in [-0.25, -0.2) is 0 Å². The highest BCUT2D eigenvalue weighted by atomic mass is 16.5. The molecule has 0 aromatic heterocycles. The minimum Gasteiger partial charge on any atom is -0.468 e. The van der Waals surface area contributed by atoms with E-state index in [-0.39, 0.29) is 5.97 Å². The molecule has 0 atom stereocenters. The highest BCUT2D eigenvalue weighted by molar-refractivity contribution is 5.81. The van der Waals surface area contributed by atoms with Crippen LogP contribution < -0.4 is 5.32 Å². The third kappa shape index (κ3) is 4.75. The van der Waals surface area contributed by atoms with Crippen LogP contribution in [0.1, 0.15) is 26.2 Å². The Morgan fingerprint density at radius 1 is 1.37 bits per heavy atom. The molecule has 0 spiro atoms. The first kappa shape index (κ1) is 16.4. The van der Waals surface area contributed by atoms with Crippen LogP contribution in [-0.2, 0) is 9.53 Å². The summed E-state index contributed by atoms with van der Waals surface area (Å²) in [6.45, 7) is 7.00. The van der Waals surface area contributed by atoms with Gasteiger partial charge in [-0.05, 0) is 39.9 Å². The van der Waals surface area contributed by atoms with Crippen LogP contribution in [0.5, 0.6) is 0 Å². The average molecular weight is 271 g/mol. The molecule has 0 aromatic carbocycles. The van der Waals surface area contributed by atoms with Gasteiger partial charge in [-0.3, -0.25) is 4.79 Å². The summed E-state index contributed by atoms with van der Waals surface area (Å²) in [5.41, 5.74) is -0.477. The highest BCUT2D eigenvalue weighted by Crippen LogP contribution is 2.23. The van der Waals surface area contributed by atoms with Crippen molar-refractivity contribution < 1.29 is 9.53 Å². The molecule has 1 saturated heterocycles. The molecule has 1 aliphatic heterocycles. The lowest BCUT2D eigenvalue weighted by Gasteiger charge is -2.40. The number of rotatable bonds is 7. The number of likely N-dealkylation sites (tertiary alicyclic amines) is 1. The monoisotopic (exact) mass is 271 g/mol. The fourth-order valence-corrected chi connectivity index (χ4v) is 2.64. The van der Waals surface area contributed by atoms with Gasteiger partial charge in [-0.2, -0.15) is 0 Å². The molecule has 0 unspecified atom stereocenters. The number of methoxy groups -OCH3 is 1. The Hall–Kier alpha value is -0.650. The van der Waals surface area contributed by atoms with Gasteiger partial charge in [0.25, 0.3) is 0 Å². The van der Waals surface area contributed by atoms with Crippen LogP contribution in [0, 0.1) is 0 Å². The van der Waals surface area contributed by atoms with Crippen LogP contribution in [0.15, 0.2) is 0 Å². The Balaban J connectivity index is 2.55. The van der Waals surface area contributed by atoms with Crippen molar-refractivity contribution in [2.75, 3.05) is 53.9 Å². The fraction of sp³-hybridized carbons (Fsp3) is 0.929. The molecule has 5 heteroatoms. The number of piperidine rings is 1. The Bertz CT molecular complexity index is 274. The molecule has 1 fully saturated rings. The van der Waals surface area contributed by atoms with Crippen molar-refractivity contribution in [3.8, 4) is 0 Å². The number of likely N-dealkylation sites (N-methyl/N-ethyl adjacent to an activating group) is 1. The van der Waals surface area contributed by atoms with Crippen molar-refractivity contribution in [2.24, 2.45) is 0 Å². The molecule has 112 valence electrons. The van der Waals surface area contributed by atoms with Crippen molar-refractivity contribution in [1.29, 1.82) is 0 Å². The summed E-state index contributed by atoms with van der Waals surface area (Å²) >= 11 is 0. The molecular formula is C14H29N3O2. The summed E-state index contributed by atoms with van der Waals surface area (Å²) in [5.74, 6) is -0.109. The van der Waals surface area contributed by atoms with E-state index in [0.29, 0.717) is 0 Å². The fourth-order valence-electron chi connectivity index (χ4n) is 2.64. The van der Waals surface area contributed by atoms with Crippen LogP contribution in [0.3, 0.4) is 0 Å². The van der Waals surface area contributed by atoms with Gasteiger partial charge in [-0.1, -0.05) is 6.92 Å². The average Bonchev–Trinajstić information content (AvgIpc) is 2.40. The first-order valence-corrected chi connectivity index (χ1v) is 7.24. The Morgan fingerprint density at radius 3 is 2.47 bits per heavy atom. The number of hydrogen-bond acceptors (Lipinski definition) is 5. The minimum atomic E-state index is -0.477. The summed E-state index contributed by atoms with van der Waals surface area (Å²) < 4.78 is 5.01. The normalized spacial score (nSPS) is 19.6. The van der Waals surface area contributed by atoms with Gasteiger partial charge >= 0.3 is 5.97 Å². The van der Waals surface area contributed by atoms with Crippen molar-refractivity contribution in [1.82, 2.24) is 15.1 Å². The standard InChI is InChI=1S/C14H29N3O2/c1-5-9-17-10-6-14(7-11-17,13(18)19-4)15-8-12-16(2)3/h15H,5-12H2,1-4H3. The van der Waals surface area contributed by atoms with E-state index in [2.05, 4.69) is 22.0 Å². The number of nitrogens with one attached hydrogen (secondary N) is 1. The lowest BCUT2D eigenvalue weighted by molar-refractivity contribution is -0.151. The summed E-state index contributed by atoms with van der Waals surface area (Å²) in [7, 11) is 5.56. The van der Waals surface area contributed by atoms with Crippen molar-refractivity contribution in [3.63, 3.8) is 0 Å². The zero-order valence-electron chi connectivity index (χ0n) is 12.9. The molecule has 0 bridgehead atoms. The van der Waals surface area contributed by atoms with E-state index in [9.17, 15) is 4.79 Å². The van der Waals surface area contributed by atoms with Gasteiger partial charge in [0.1, 0.15) is 5.54 Å². The predicted octanol–water partition coefficient (Wildman–Crippen LogP) is 0.555. The second-order valence-corrected chi connectivity index (χ2v) is 5.65. The predicted molar refractivity (Wildman–Crippen MR) is 77.3 cm³/mol. The zero-order chi connectivity index (χ0) is 14.3. The molecule has 0 saturated carbocycles. The van der Waals surface area contributed by atoms with E-state index in [4.69, 9.17) is 4.74 Å². The summed E-state index contributed by atoms with van der Waals surface area (Å²) in [4.78, 5) is 16.7. The quantitative estimate of drug-likeness (QED) is 0.685. The van der Waals surface area contributed by atoms with Crippen molar-refractivity contribution >= 4 is 5.97 Å². The molecule has 5 nitrogen and oxygen atoms in total. The molecule has 1 aliphatic rings. The molecule has 0 aromatic rings. The molecule has 0 amide bonds. The second-order valence-electron chi connectivity index (χ2n) is 5.65. The Morgan fingerprint density at radius 2 is 2.00 bits per heavy atom. The van der Waals surface area contributed by atoms with Gasteiger partial charge in [0.2, 0.25) is 0 Å². The highest BCUT2D eigenvalue weighted by Gasteiger charge is 2.41. The van der Waals surface area contributed by atoms with E-state index < -0.39 is 5.54 Å². The van der Waals surface area contributed by atoms with Crippen molar-refractivity contribution in [2.45, 2.75) is 31.7 Å². The largest absolute Gasteiger partial charge is 0.468 e. The van der Waals surface area contributed by atoms with E-state index in [1.54, 1.807) is 0 Å². The third-order valence-electron chi connectivity index (χ3n) is 3.85. The lowest BCUT2D eigenvalue weighted by Crippen LogP contribution is -2.59. The molecule has 1 N–H and O–H groups in total. The maximum Gasteiger partial charge on any atom is 0.326 e. The maximum absolute atomic E-state index is 12.1. The van der Waals surface area contributed by atoms with Crippen LogP contribution in [0.4, 0.5) is 0 Å². The van der Waals surface area contributed by atoms with Gasteiger partial charge in [0.05, 0.1) is 7.11 Å². The van der Waals surface area contributed by atoms with Gasteiger partial charge in [0, 0.05) is 26.2 Å². The summed E-state index contributed by atoms with van der Waals surface area (Å²) in [6, 6.07) is 0. The molecule has 1 rings (SSSR count). The van der Waals surface area contributed by atoms with E-state index >= 15 is 0 Å². The Labute approximate surface area is 117 Å². The summed E-state index contributed by atoms with van der Waals surface area (Å²) in [6.07, 6.45) is 2.85. The van der Waals surface area contributed by atoms with E-state index in [0.717, 1.165) is 45.6 Å². The van der Waals surface area contributed by atoms with Crippen molar-refractivity contribution in [3.05, 3.63) is 0 Å². The van der Waals surface area contributed by atoms with Gasteiger partial charge in [-0.15, -0.1) is 0 Å². The van der Waals surface area contributed by atoms with Crippen LogP contribution >= 0.6 is 0 Å². The molecule has 0 radical (unpaired) electrons. The topological polar surface area (TPSA) is 44.8 Å². The molecule has 0 aliphatic carbocycles. The Kier molecular flexibility index (Phi) is 6.75. The second kappa shape index (κ2) is 7.82. The summed E-state index contributed by atoms with van der Waals surface area (Å²) in [5, 5.41) is 3.44. The number of carbonyl (C=O) groups is 1. The number of carbonyl (C=O) groups excluding carboxylic acids is 1. The van der Waals surface area contributed by atoms with Gasteiger partial charge < -0.3 is 19.9 Å². The van der Waals surface area contributed by atoms with E-state index in [1.807, 2.05) is 14.1 Å². The smallest absolute Gasteiger partial charge is 0.326 e. The third-order valence-corrected chi connectivity index (χ3v) is 3.85. The molecular weight excluding hydrogens is 242 g/mol. The maximum atomic E-state index is 12.1. The molecule has 1 heterocycles. The molecule has 19 heavy (non-hydrogen) atoms. The first-order valence-electron chi connectivity index (χ1n) is 7.24. The SMILES string of the molecule is CCCN1CCC(NCCN(C)C)(C(=O)OC)CC1. The number of hydrogen-bond donors (Lipinski definition) is 1. The zero-order valence-corrected chi connectivity index (χ0v) is 12.9. The first-order chi connectivity index (χ1) is 9.04. The number of ether oxygens (including phenoxy) is 1. The number of esters is 1. The van der Waals surface area contributed by atoms with E-state index in [1.165, 1.54) is 13.5 Å². The van der Waals surface area contributed by atoms with Crippen LogP contribution in [-0.4, -0.2) is 75.2 Å². The lowest BCUT2D eigenvalue weighted by atomic mass is 9.87.